The van der Waals surface area contributed by atoms with Crippen molar-refractivity contribution in [3.05, 3.63) is 107 Å². The highest BCUT2D eigenvalue weighted by atomic mass is 32.1. The molecular weight excluding hydrogens is 446 g/mol. The standard InChI is InChI=1S/C27H23N3O3S/c1-16-6-11-20(15-17(16)2)30-25(24(29-27(30)34)21-5-3-4-14-28-21)23-13-12-22(33-23)18-7-9-19(10-8-18)26(31)32/h3-15,24-25H,1-2H3,(H,29,34)(H,31,32)/t24-,25+/m0/s1. The number of nitrogens with zero attached hydrogens (tertiary/aromatic N) is 2. The number of furan rings is 1. The van der Waals surface area contributed by atoms with Gasteiger partial charge in [-0.2, -0.15) is 0 Å². The SMILES string of the molecule is Cc1ccc(N2C(=S)N[C@@H](c3ccccn3)[C@H]2c2ccc(-c3ccc(C(=O)O)cc3)o2)cc1C. The molecule has 34 heavy (non-hydrogen) atoms. The maximum atomic E-state index is 11.2. The number of hydrogen-bond donors (Lipinski definition) is 2. The minimum absolute atomic E-state index is 0.205. The van der Waals surface area contributed by atoms with Crippen LogP contribution in [0.25, 0.3) is 11.3 Å². The van der Waals surface area contributed by atoms with Crippen molar-refractivity contribution in [2.24, 2.45) is 0 Å². The number of carboxylic acids is 1. The molecule has 1 aliphatic rings. The quantitative estimate of drug-likeness (QED) is 0.356. The van der Waals surface area contributed by atoms with E-state index < -0.39 is 5.97 Å². The predicted molar refractivity (Wildman–Crippen MR) is 135 cm³/mol. The van der Waals surface area contributed by atoms with Gasteiger partial charge in [0.25, 0.3) is 0 Å². The molecule has 1 fully saturated rings. The molecule has 0 amide bonds. The summed E-state index contributed by atoms with van der Waals surface area (Å²) in [5, 5.41) is 13.2. The topological polar surface area (TPSA) is 78.6 Å². The fourth-order valence-electron chi connectivity index (χ4n) is 4.24. The smallest absolute Gasteiger partial charge is 0.335 e. The Hall–Kier alpha value is -3.97. The molecule has 1 saturated heterocycles. The minimum Gasteiger partial charge on any atom is -0.478 e. The summed E-state index contributed by atoms with van der Waals surface area (Å²) in [6, 6.07) is 22.2. The third-order valence-corrected chi connectivity index (χ3v) is 6.52. The summed E-state index contributed by atoms with van der Waals surface area (Å²) < 4.78 is 6.34. The number of thiocarbonyl (C=S) groups is 1. The van der Waals surface area contributed by atoms with E-state index >= 15 is 0 Å². The summed E-state index contributed by atoms with van der Waals surface area (Å²) in [7, 11) is 0. The van der Waals surface area contributed by atoms with Crippen molar-refractivity contribution in [2.75, 3.05) is 4.90 Å². The van der Waals surface area contributed by atoms with E-state index in [0.717, 1.165) is 22.7 Å². The lowest BCUT2D eigenvalue weighted by atomic mass is 10.0. The van der Waals surface area contributed by atoms with Gasteiger partial charge in [0.1, 0.15) is 17.6 Å². The average molecular weight is 470 g/mol. The lowest BCUT2D eigenvalue weighted by Crippen LogP contribution is -2.29. The molecule has 0 bridgehead atoms. The molecule has 3 heterocycles. The van der Waals surface area contributed by atoms with Crippen molar-refractivity contribution in [3.8, 4) is 11.3 Å². The van der Waals surface area contributed by atoms with Gasteiger partial charge in [-0.25, -0.2) is 4.79 Å². The van der Waals surface area contributed by atoms with E-state index in [2.05, 4.69) is 47.2 Å². The Labute approximate surface area is 202 Å². The number of hydrogen-bond acceptors (Lipinski definition) is 4. The molecule has 6 nitrogen and oxygen atoms in total. The van der Waals surface area contributed by atoms with Crippen LogP contribution < -0.4 is 10.2 Å². The average Bonchev–Trinajstić information content (AvgIpc) is 3.46. The second-order valence-corrected chi connectivity index (χ2v) is 8.74. The first kappa shape index (κ1) is 21.9. The molecule has 2 aromatic carbocycles. The fraction of sp³-hybridized carbons (Fsp3) is 0.148. The Balaban J connectivity index is 1.57. The number of carbonyl (C=O) groups is 1. The van der Waals surface area contributed by atoms with Crippen LogP contribution in [0.1, 0.15) is 45.0 Å². The first-order valence-electron chi connectivity index (χ1n) is 10.9. The number of anilines is 1. The van der Waals surface area contributed by atoms with Crippen LogP contribution in [0.4, 0.5) is 5.69 Å². The van der Waals surface area contributed by atoms with Crippen molar-refractivity contribution >= 4 is 29.0 Å². The summed E-state index contributed by atoms with van der Waals surface area (Å²) in [5.74, 6) is 0.433. The van der Waals surface area contributed by atoms with E-state index in [4.69, 9.17) is 16.6 Å². The van der Waals surface area contributed by atoms with Gasteiger partial charge in [-0.1, -0.05) is 24.3 Å². The normalized spacial score (nSPS) is 17.6. The van der Waals surface area contributed by atoms with Crippen LogP contribution >= 0.6 is 12.2 Å². The number of carboxylic acid groups (broad SMARTS) is 1. The van der Waals surface area contributed by atoms with Crippen LogP contribution in [0.2, 0.25) is 0 Å². The lowest BCUT2D eigenvalue weighted by molar-refractivity contribution is 0.0697. The van der Waals surface area contributed by atoms with Crippen LogP contribution in [-0.2, 0) is 0 Å². The first-order valence-corrected chi connectivity index (χ1v) is 11.3. The van der Waals surface area contributed by atoms with Crippen molar-refractivity contribution < 1.29 is 14.3 Å². The highest BCUT2D eigenvalue weighted by Crippen LogP contribution is 2.43. The van der Waals surface area contributed by atoms with Gasteiger partial charge in [0.05, 0.1) is 17.3 Å². The van der Waals surface area contributed by atoms with Gasteiger partial charge in [0, 0.05) is 17.4 Å². The van der Waals surface area contributed by atoms with E-state index in [1.807, 2.05) is 30.3 Å². The second kappa shape index (κ2) is 8.76. The molecule has 2 atom stereocenters. The summed E-state index contributed by atoms with van der Waals surface area (Å²) in [5.41, 5.74) is 5.27. The molecule has 0 aliphatic carbocycles. The highest BCUT2D eigenvalue weighted by molar-refractivity contribution is 7.80. The van der Waals surface area contributed by atoms with Gasteiger partial charge in [-0.15, -0.1) is 0 Å². The molecule has 4 aromatic rings. The fourth-order valence-corrected chi connectivity index (χ4v) is 4.59. The van der Waals surface area contributed by atoms with Gasteiger partial charge in [-0.05, 0) is 85.7 Å². The van der Waals surface area contributed by atoms with Crippen LogP contribution in [0.15, 0.2) is 83.4 Å². The summed E-state index contributed by atoms with van der Waals surface area (Å²) in [6.45, 7) is 4.17. The zero-order chi connectivity index (χ0) is 23.8. The number of aromatic nitrogens is 1. The molecule has 2 aromatic heterocycles. The molecule has 0 unspecified atom stereocenters. The third kappa shape index (κ3) is 3.95. The summed E-state index contributed by atoms with van der Waals surface area (Å²) in [4.78, 5) is 17.8. The molecule has 5 rings (SSSR count). The Morgan fingerprint density at radius 3 is 2.50 bits per heavy atom. The van der Waals surface area contributed by atoms with Crippen LogP contribution in [0.3, 0.4) is 0 Å². The first-order chi connectivity index (χ1) is 16.4. The van der Waals surface area contributed by atoms with Gasteiger partial charge in [0.15, 0.2) is 5.11 Å². The number of aryl methyl sites for hydroxylation is 2. The molecule has 0 saturated carbocycles. The molecule has 1 aliphatic heterocycles. The number of rotatable bonds is 5. The van der Waals surface area contributed by atoms with E-state index in [0.29, 0.717) is 10.9 Å². The molecular formula is C27H23N3O3S. The maximum absolute atomic E-state index is 11.2. The third-order valence-electron chi connectivity index (χ3n) is 6.20. The molecule has 0 spiro atoms. The highest BCUT2D eigenvalue weighted by Gasteiger charge is 2.42. The Morgan fingerprint density at radius 1 is 1.03 bits per heavy atom. The van der Waals surface area contributed by atoms with E-state index in [1.54, 1.807) is 30.5 Å². The number of aromatic carboxylic acids is 1. The van der Waals surface area contributed by atoms with Gasteiger partial charge in [0.2, 0.25) is 0 Å². The van der Waals surface area contributed by atoms with E-state index in [1.165, 1.54) is 11.1 Å². The van der Waals surface area contributed by atoms with Crippen molar-refractivity contribution in [1.29, 1.82) is 0 Å². The van der Waals surface area contributed by atoms with Crippen molar-refractivity contribution in [1.82, 2.24) is 10.3 Å². The van der Waals surface area contributed by atoms with Crippen molar-refractivity contribution in [2.45, 2.75) is 25.9 Å². The Bertz CT molecular complexity index is 1370. The van der Waals surface area contributed by atoms with Crippen molar-refractivity contribution in [3.63, 3.8) is 0 Å². The number of benzene rings is 2. The predicted octanol–water partition coefficient (Wildman–Crippen LogP) is 5.83. The van der Waals surface area contributed by atoms with Crippen LogP contribution in [0, 0.1) is 13.8 Å². The molecule has 2 N–H and O–H groups in total. The second-order valence-electron chi connectivity index (χ2n) is 8.35. The van der Waals surface area contributed by atoms with E-state index in [9.17, 15) is 9.90 Å². The summed E-state index contributed by atoms with van der Waals surface area (Å²) in [6.07, 6.45) is 1.77. The van der Waals surface area contributed by atoms with Gasteiger partial charge < -0.3 is 19.7 Å². The Kier molecular flexibility index (Phi) is 5.63. The van der Waals surface area contributed by atoms with E-state index in [-0.39, 0.29) is 17.6 Å². The van der Waals surface area contributed by atoms with Gasteiger partial charge >= 0.3 is 5.97 Å². The zero-order valence-electron chi connectivity index (χ0n) is 18.7. The van der Waals surface area contributed by atoms with Gasteiger partial charge in [-0.3, -0.25) is 4.98 Å². The number of nitrogens with one attached hydrogen (secondary N) is 1. The summed E-state index contributed by atoms with van der Waals surface area (Å²) >= 11 is 5.78. The monoisotopic (exact) mass is 469 g/mol. The van der Waals surface area contributed by atoms with Crippen LogP contribution in [-0.4, -0.2) is 21.2 Å². The zero-order valence-corrected chi connectivity index (χ0v) is 19.5. The number of pyridine rings is 1. The largest absolute Gasteiger partial charge is 0.478 e. The molecule has 7 heteroatoms. The lowest BCUT2D eigenvalue weighted by Gasteiger charge is -2.26. The molecule has 0 radical (unpaired) electrons. The van der Waals surface area contributed by atoms with Crippen LogP contribution in [0.5, 0.6) is 0 Å². The maximum Gasteiger partial charge on any atom is 0.335 e. The molecule has 170 valence electrons. The Morgan fingerprint density at radius 2 is 1.82 bits per heavy atom. The minimum atomic E-state index is -0.959.